The zero-order valence-corrected chi connectivity index (χ0v) is 14.4. The molecule has 0 bridgehead atoms. The largest absolute Gasteiger partial charge is 0.365 e. The number of hydrogen-bond donors (Lipinski definition) is 2. The molecule has 1 heterocycles. The maximum absolute atomic E-state index is 5.25. The summed E-state index contributed by atoms with van der Waals surface area (Å²) in [7, 11) is 4.83. The fraction of sp³-hybridized carbons (Fsp3) is 0.357. The van der Waals surface area contributed by atoms with E-state index in [-0.39, 0.29) is 6.04 Å². The predicted molar refractivity (Wildman–Crippen MR) is 93.5 cm³/mol. The van der Waals surface area contributed by atoms with Crippen LogP contribution in [-0.4, -0.2) is 22.2 Å². The highest BCUT2D eigenvalue weighted by atomic mass is 31.0. The summed E-state index contributed by atoms with van der Waals surface area (Å²) in [6.45, 7) is 3.47. The molecular formula is C14H22N4OP2. The maximum Gasteiger partial charge on any atom is 0.0977 e. The third-order valence-corrected chi connectivity index (χ3v) is 3.67. The van der Waals surface area contributed by atoms with Crippen molar-refractivity contribution < 1.29 is 4.52 Å². The van der Waals surface area contributed by atoms with Crippen LogP contribution in [0.3, 0.4) is 0 Å². The Morgan fingerprint density at radius 2 is 2.29 bits per heavy atom. The van der Waals surface area contributed by atoms with Crippen molar-refractivity contribution in [1.29, 1.82) is 0 Å². The summed E-state index contributed by atoms with van der Waals surface area (Å²) < 4.78 is 7.39. The van der Waals surface area contributed by atoms with Gasteiger partial charge in [-0.2, -0.15) is 0 Å². The third-order valence-electron chi connectivity index (χ3n) is 3.17. The lowest BCUT2D eigenvalue weighted by atomic mass is 10.2. The molecular weight excluding hydrogens is 302 g/mol. The molecule has 1 aromatic carbocycles. The lowest BCUT2D eigenvalue weighted by Gasteiger charge is -2.21. The van der Waals surface area contributed by atoms with E-state index in [9.17, 15) is 0 Å². The van der Waals surface area contributed by atoms with Gasteiger partial charge in [0.2, 0.25) is 0 Å². The quantitative estimate of drug-likeness (QED) is 0.732. The van der Waals surface area contributed by atoms with Gasteiger partial charge in [-0.25, -0.2) is 4.98 Å². The van der Waals surface area contributed by atoms with Crippen molar-refractivity contribution in [2.45, 2.75) is 25.9 Å². The van der Waals surface area contributed by atoms with Gasteiger partial charge in [0.05, 0.1) is 35.8 Å². The van der Waals surface area contributed by atoms with Gasteiger partial charge in [0.1, 0.15) is 0 Å². The monoisotopic (exact) mass is 324 g/mol. The molecule has 5 nitrogen and oxygen atoms in total. The third kappa shape index (κ3) is 4.41. The minimum Gasteiger partial charge on any atom is -0.365 e. The van der Waals surface area contributed by atoms with E-state index >= 15 is 0 Å². The number of imidazole rings is 1. The SMILES string of the molecule is CCC=C(NP)NC(COP)Cn1cnc2ccccc21. The van der Waals surface area contributed by atoms with Gasteiger partial charge < -0.3 is 19.5 Å². The summed E-state index contributed by atoms with van der Waals surface area (Å²) >= 11 is 0. The van der Waals surface area contributed by atoms with Gasteiger partial charge in [-0.3, -0.25) is 0 Å². The first-order chi connectivity index (χ1) is 10.3. The maximum atomic E-state index is 5.25. The molecule has 21 heavy (non-hydrogen) atoms. The first kappa shape index (κ1) is 16.2. The second-order valence-electron chi connectivity index (χ2n) is 4.73. The molecule has 0 fully saturated rings. The molecule has 7 heteroatoms. The Morgan fingerprint density at radius 3 is 3.00 bits per heavy atom. The van der Waals surface area contributed by atoms with E-state index < -0.39 is 0 Å². The number of rotatable bonds is 8. The zero-order chi connectivity index (χ0) is 15.1. The first-order valence-corrected chi connectivity index (χ1v) is 7.98. The molecule has 0 spiro atoms. The van der Waals surface area contributed by atoms with E-state index in [1.165, 1.54) is 0 Å². The summed E-state index contributed by atoms with van der Waals surface area (Å²) in [5, 5.41) is 6.54. The fourth-order valence-electron chi connectivity index (χ4n) is 2.23. The molecule has 0 aliphatic carbocycles. The van der Waals surface area contributed by atoms with Crippen LogP contribution >= 0.6 is 18.9 Å². The van der Waals surface area contributed by atoms with Crippen molar-refractivity contribution in [3.8, 4) is 0 Å². The van der Waals surface area contributed by atoms with Crippen molar-refractivity contribution in [3.63, 3.8) is 0 Å². The van der Waals surface area contributed by atoms with Crippen LogP contribution < -0.4 is 10.4 Å². The van der Waals surface area contributed by atoms with Crippen molar-refractivity contribution in [2.75, 3.05) is 6.61 Å². The molecule has 1 aromatic heterocycles. The minimum atomic E-state index is 0.144. The van der Waals surface area contributed by atoms with Gasteiger partial charge in [-0.15, -0.1) is 0 Å². The smallest absolute Gasteiger partial charge is 0.0977 e. The number of benzene rings is 1. The topological polar surface area (TPSA) is 51.1 Å². The predicted octanol–water partition coefficient (Wildman–Crippen LogP) is 2.43. The second kappa shape index (κ2) is 8.33. The van der Waals surface area contributed by atoms with Gasteiger partial charge in [-0.05, 0) is 34.0 Å². The van der Waals surface area contributed by atoms with Crippen LogP contribution in [0.4, 0.5) is 0 Å². The molecule has 0 saturated heterocycles. The summed E-state index contributed by atoms with van der Waals surface area (Å²) in [5.74, 6) is 0.985. The number of allylic oxidation sites excluding steroid dienone is 1. The fourth-order valence-corrected chi connectivity index (χ4v) is 2.67. The van der Waals surface area contributed by atoms with E-state index in [1.807, 2.05) is 24.5 Å². The van der Waals surface area contributed by atoms with Gasteiger partial charge in [-0.1, -0.05) is 19.1 Å². The van der Waals surface area contributed by atoms with Crippen LogP contribution in [0.25, 0.3) is 11.0 Å². The standard InChI is InChI=1S/C14H22N4OP2/c1-2-5-14(17-20)16-11(9-19-21)8-18-10-15-12-6-3-4-7-13(12)18/h3-7,10-11,16-17H,2,8-9,20-21H2,1H3. The van der Waals surface area contributed by atoms with E-state index in [0.29, 0.717) is 6.61 Å². The van der Waals surface area contributed by atoms with Crippen LogP contribution in [0.15, 0.2) is 42.5 Å². The van der Waals surface area contributed by atoms with Gasteiger partial charge >= 0.3 is 0 Å². The molecule has 0 saturated carbocycles. The van der Waals surface area contributed by atoms with Crippen LogP contribution in [0.5, 0.6) is 0 Å². The van der Waals surface area contributed by atoms with E-state index in [4.69, 9.17) is 4.52 Å². The molecule has 3 unspecified atom stereocenters. The molecule has 3 atom stereocenters. The normalized spacial score (nSPS) is 13.4. The van der Waals surface area contributed by atoms with Gasteiger partial charge in [0.25, 0.3) is 0 Å². The van der Waals surface area contributed by atoms with Crippen molar-refractivity contribution >= 4 is 29.9 Å². The average molecular weight is 324 g/mol. The highest BCUT2D eigenvalue weighted by molar-refractivity contribution is 7.14. The number of nitrogens with zero attached hydrogens (tertiary/aromatic N) is 2. The van der Waals surface area contributed by atoms with Crippen LogP contribution in [-0.2, 0) is 11.1 Å². The Balaban J connectivity index is 2.14. The molecule has 0 amide bonds. The summed E-state index contributed by atoms with van der Waals surface area (Å²) in [5.41, 5.74) is 2.14. The first-order valence-electron chi connectivity index (χ1n) is 6.93. The van der Waals surface area contributed by atoms with Gasteiger partial charge in [0, 0.05) is 16.0 Å². The zero-order valence-electron chi connectivity index (χ0n) is 12.1. The highest BCUT2D eigenvalue weighted by Crippen LogP contribution is 2.13. The minimum absolute atomic E-state index is 0.144. The van der Waals surface area contributed by atoms with Crippen LogP contribution in [0.2, 0.25) is 0 Å². The molecule has 2 rings (SSSR count). The Kier molecular flexibility index (Phi) is 6.44. The van der Waals surface area contributed by atoms with Crippen LogP contribution in [0, 0.1) is 0 Å². The molecule has 0 aliphatic rings. The van der Waals surface area contributed by atoms with E-state index in [0.717, 1.165) is 29.8 Å². The Labute approximate surface area is 130 Å². The van der Waals surface area contributed by atoms with Crippen molar-refractivity contribution in [3.05, 3.63) is 42.5 Å². The summed E-state index contributed by atoms with van der Waals surface area (Å²) in [6.07, 6.45) is 4.94. The molecule has 114 valence electrons. The molecule has 0 aliphatic heterocycles. The van der Waals surface area contributed by atoms with Crippen LogP contribution in [0.1, 0.15) is 13.3 Å². The number of nitrogens with one attached hydrogen (secondary N) is 2. The number of fused-ring (bicyclic) bond motifs is 1. The molecule has 0 radical (unpaired) electrons. The second-order valence-corrected chi connectivity index (χ2v) is 5.35. The summed E-state index contributed by atoms with van der Waals surface area (Å²) in [6, 6.07) is 8.28. The van der Waals surface area contributed by atoms with Crippen molar-refractivity contribution in [1.82, 2.24) is 20.0 Å². The number of para-hydroxylation sites is 2. The Hall–Kier alpha value is -1.15. The highest BCUT2D eigenvalue weighted by Gasteiger charge is 2.12. The van der Waals surface area contributed by atoms with E-state index in [2.05, 4.69) is 57.9 Å². The Bertz CT molecular complexity index is 599. The van der Waals surface area contributed by atoms with E-state index in [1.54, 1.807) is 0 Å². The summed E-state index contributed by atoms with van der Waals surface area (Å²) in [4.78, 5) is 4.42. The average Bonchev–Trinajstić information content (AvgIpc) is 2.90. The van der Waals surface area contributed by atoms with Gasteiger partial charge in [0.15, 0.2) is 0 Å². The number of aromatic nitrogens is 2. The molecule has 2 N–H and O–H groups in total. The Morgan fingerprint density at radius 1 is 1.48 bits per heavy atom. The lowest BCUT2D eigenvalue weighted by Crippen LogP contribution is -2.38. The lowest BCUT2D eigenvalue weighted by molar-refractivity contribution is 0.292. The van der Waals surface area contributed by atoms with Crippen molar-refractivity contribution in [2.24, 2.45) is 0 Å². The number of hydrogen-bond acceptors (Lipinski definition) is 4. The molecule has 2 aromatic rings.